The Hall–Kier alpha value is -0.523. The fourth-order valence-corrected chi connectivity index (χ4v) is 4.61. The average Bonchev–Trinajstić information content (AvgIpc) is 3.36. The molecule has 0 aliphatic carbocycles. The minimum atomic E-state index is -1.29. The van der Waals surface area contributed by atoms with Gasteiger partial charge in [0, 0.05) is 0 Å². The van der Waals surface area contributed by atoms with Crippen LogP contribution >= 0.6 is 0 Å². The van der Waals surface area contributed by atoms with E-state index in [2.05, 4.69) is 80.8 Å². The Morgan fingerprint density at radius 3 is 1.68 bits per heavy atom. The van der Waals surface area contributed by atoms with Gasteiger partial charge >= 0.3 is 85.6 Å². The molecule has 0 unspecified atom stereocenters. The molecule has 31 heavy (non-hydrogen) atoms. The van der Waals surface area contributed by atoms with Crippen molar-refractivity contribution in [2.24, 2.45) is 0 Å². The van der Waals surface area contributed by atoms with Crippen LogP contribution in [0.5, 0.6) is 0 Å². The molecule has 0 aliphatic rings. The Kier molecular flexibility index (Phi) is 15.9. The van der Waals surface area contributed by atoms with E-state index in [1.165, 1.54) is 44.9 Å². The van der Waals surface area contributed by atoms with E-state index in [1.807, 2.05) is 30.3 Å². The van der Waals surface area contributed by atoms with E-state index in [9.17, 15) is 0 Å². The predicted octanol–water partition coefficient (Wildman–Crippen LogP) is 0.645. The minimum absolute atomic E-state index is 0. The van der Waals surface area contributed by atoms with Gasteiger partial charge in [0.15, 0.2) is 0 Å². The van der Waals surface area contributed by atoms with Crippen molar-refractivity contribution in [3.8, 4) is 0 Å². The molecule has 0 aliphatic heterocycles. The van der Waals surface area contributed by atoms with Gasteiger partial charge in [-0.25, -0.2) is 12.1 Å². The zero-order valence-electron chi connectivity index (χ0n) is 18.6. The molecule has 166 valence electrons. The Morgan fingerprint density at radius 1 is 0.806 bits per heavy atom. The molecule has 0 fully saturated rings. The molecule has 0 radical (unpaired) electrons. The van der Waals surface area contributed by atoms with Crippen molar-refractivity contribution >= 4 is 35.5 Å². The number of halogens is 2. The van der Waals surface area contributed by atoms with Gasteiger partial charge in [0.1, 0.15) is 0 Å². The molecule has 0 atom stereocenters. The maximum atomic E-state index is 5.62. The molecule has 0 saturated carbocycles. The smallest absolute Gasteiger partial charge is 0.0771 e. The summed E-state index contributed by atoms with van der Waals surface area (Å²) in [7, 11) is -1.29. The first kappa shape index (κ1) is 30.5. The van der Waals surface area contributed by atoms with Crippen molar-refractivity contribution in [1.82, 2.24) is 0 Å². The van der Waals surface area contributed by atoms with E-state index in [0.717, 1.165) is 13.2 Å². The van der Waals surface area contributed by atoms with Crippen LogP contribution in [-0.2, 0) is 32.2 Å². The van der Waals surface area contributed by atoms with Crippen LogP contribution in [0.2, 0.25) is 26.2 Å². The third-order valence-corrected chi connectivity index (χ3v) is 6.79. The second-order valence-corrected chi connectivity index (χ2v) is 18.8. The molecule has 0 saturated heterocycles. The number of hydrogen-bond acceptors (Lipinski definition) is 2. The molecule has 0 N–H and O–H groups in total. The largest absolute Gasteiger partial charge is 1.00 e. The molecule has 0 amide bonds. The minimum Gasteiger partial charge on any atom is -1.00 e. The maximum Gasteiger partial charge on any atom is -0.0771 e. The van der Waals surface area contributed by atoms with Gasteiger partial charge in [-0.05, 0) is 0 Å². The van der Waals surface area contributed by atoms with E-state index in [0.29, 0.717) is 0 Å². The number of benzene rings is 2. The molecule has 4 aromatic carbocycles. The van der Waals surface area contributed by atoms with Crippen LogP contribution in [0.4, 0.5) is 0 Å². The molecule has 4 rings (SSSR count). The second kappa shape index (κ2) is 16.1. The van der Waals surface area contributed by atoms with Crippen molar-refractivity contribution in [2.75, 3.05) is 13.2 Å². The first-order chi connectivity index (χ1) is 13.9. The topological polar surface area (TPSA) is 18.5 Å². The summed E-state index contributed by atoms with van der Waals surface area (Å²) in [6.07, 6.45) is 0. The van der Waals surface area contributed by atoms with Gasteiger partial charge in [-0.3, -0.25) is 0 Å². The fraction of sp³-hybridized carbons (Fsp3) is 0.250. The number of hydrogen-bond donors (Lipinski definition) is 0. The third kappa shape index (κ3) is 12.3. The van der Waals surface area contributed by atoms with Crippen molar-refractivity contribution in [3.63, 3.8) is 0 Å². The Labute approximate surface area is 215 Å². The van der Waals surface area contributed by atoms with Crippen LogP contribution in [0.15, 0.2) is 84.9 Å². The number of rotatable bonds is 5. The summed E-state index contributed by atoms with van der Waals surface area (Å²) in [5.74, 6) is 0. The van der Waals surface area contributed by atoms with Gasteiger partial charge in [-0.15, -0.1) is 39.7 Å². The van der Waals surface area contributed by atoms with Gasteiger partial charge in [0.2, 0.25) is 0 Å². The van der Waals surface area contributed by atoms with Gasteiger partial charge in [-0.2, -0.15) is 18.2 Å². The van der Waals surface area contributed by atoms with Crippen LogP contribution < -0.4 is 24.8 Å². The van der Waals surface area contributed by atoms with E-state index < -0.39 is 14.0 Å². The zero-order chi connectivity index (χ0) is 21.1. The van der Waals surface area contributed by atoms with Gasteiger partial charge in [0.25, 0.3) is 0 Å². The molecule has 0 bridgehead atoms. The summed E-state index contributed by atoms with van der Waals surface area (Å²) in [5.41, 5.74) is -0.427. The molecule has 7 heteroatoms. The Bertz CT molecular complexity index is 928. The normalized spacial score (nSPS) is 10.1. The Morgan fingerprint density at radius 2 is 1.29 bits per heavy atom. The summed E-state index contributed by atoms with van der Waals surface area (Å²) in [6.45, 7) is 10.3. The molecule has 0 spiro atoms. The summed E-state index contributed by atoms with van der Waals surface area (Å²) in [6, 6.07) is 29.3. The van der Waals surface area contributed by atoms with Crippen molar-refractivity contribution in [3.05, 3.63) is 84.9 Å². The van der Waals surface area contributed by atoms with Crippen LogP contribution in [0.25, 0.3) is 21.5 Å². The summed E-state index contributed by atoms with van der Waals surface area (Å²) >= 11 is 1.54. The molecule has 0 heterocycles. The van der Waals surface area contributed by atoms with Crippen molar-refractivity contribution in [2.45, 2.75) is 26.2 Å². The van der Waals surface area contributed by atoms with Crippen LogP contribution in [0.3, 0.4) is 0 Å². The summed E-state index contributed by atoms with van der Waals surface area (Å²) in [4.78, 5) is 0. The molecular formula is C24H30Cl2O2Si2Zr-2. The first-order valence-electron chi connectivity index (χ1n) is 9.88. The van der Waals surface area contributed by atoms with E-state index in [1.54, 1.807) is 0 Å². The third-order valence-electron chi connectivity index (χ3n) is 4.02. The van der Waals surface area contributed by atoms with E-state index >= 15 is 0 Å². The summed E-state index contributed by atoms with van der Waals surface area (Å²) in [5, 5.41) is 5.39. The van der Waals surface area contributed by atoms with Crippen molar-refractivity contribution in [1.29, 1.82) is 0 Å². The van der Waals surface area contributed by atoms with Gasteiger partial charge < -0.3 is 24.8 Å². The monoisotopic (exact) mass is 566 g/mol. The Balaban J connectivity index is 0.000000458. The van der Waals surface area contributed by atoms with E-state index in [-0.39, 0.29) is 24.8 Å². The van der Waals surface area contributed by atoms with Crippen molar-refractivity contribution < 1.29 is 57.0 Å². The van der Waals surface area contributed by atoms with Crippen LogP contribution in [-0.4, -0.2) is 27.2 Å². The molecule has 2 nitrogen and oxygen atoms in total. The molecule has 4 aromatic rings. The van der Waals surface area contributed by atoms with Gasteiger partial charge in [0.05, 0.1) is 0 Å². The standard InChI is InChI=1S/C13H9.C6H16O2Si2.C5H5.2ClH.Zr/c1-3-7-12-10(5-1)9-11-6-2-4-8-13(11)12;1-9-7-5-6-8-10(2,3)4;1-2-4-5-3-1;;;/h1-9H;5-6H2,1-4H3;1-5H;2*1H;/q-1;;-1;;;+2/p-2. The zero-order valence-corrected chi connectivity index (χ0v) is 24.5. The molecular weight excluding hydrogens is 539 g/mol. The SMILES string of the molecule is C[Si](=[Zr+2])OCCO[Si](C)(C)C.[Cl-].[Cl-].c1cc[cH-]c1.c1ccc2c(c1)[cH-]c1ccccc12. The second-order valence-electron chi connectivity index (χ2n) is 7.65. The van der Waals surface area contributed by atoms with E-state index in [4.69, 9.17) is 8.85 Å². The first-order valence-corrected chi connectivity index (χ1v) is 18.9. The van der Waals surface area contributed by atoms with Crippen LogP contribution in [0, 0.1) is 0 Å². The fourth-order valence-electron chi connectivity index (χ4n) is 2.77. The maximum absolute atomic E-state index is 5.62. The quantitative estimate of drug-likeness (QED) is 0.200. The average molecular weight is 569 g/mol. The predicted molar refractivity (Wildman–Crippen MR) is 126 cm³/mol. The molecule has 0 aromatic heterocycles. The van der Waals surface area contributed by atoms with Gasteiger partial charge in [-0.1, -0.05) is 36.4 Å². The summed E-state index contributed by atoms with van der Waals surface area (Å²) < 4.78 is 11.1. The van der Waals surface area contributed by atoms with Crippen LogP contribution in [0.1, 0.15) is 0 Å². The number of fused-ring (bicyclic) bond motifs is 3.